The third-order valence-corrected chi connectivity index (χ3v) is 2.44. The van der Waals surface area contributed by atoms with Crippen molar-refractivity contribution >= 4 is 22.2 Å². The van der Waals surface area contributed by atoms with Crippen molar-refractivity contribution in [1.82, 2.24) is 0 Å². The molecule has 3 N–H and O–H groups in total. The summed E-state index contributed by atoms with van der Waals surface area (Å²) in [5.74, 6) is -0.0471. The molecular weight excluding hydrogens is 190 g/mol. The highest BCUT2D eigenvalue weighted by atomic mass is 16.3. The van der Waals surface area contributed by atoms with Crippen molar-refractivity contribution in [2.24, 2.45) is 0 Å². The monoisotopic (exact) mass is 201 g/mol. The number of hydrogen-bond acceptors (Lipinski definition) is 3. The Bertz CT molecular complexity index is 547. The number of nitrogens with two attached hydrogens (primary N) is 1. The second-order valence-electron chi connectivity index (χ2n) is 3.46. The lowest BCUT2D eigenvalue weighted by Crippen LogP contribution is -1.97. The zero-order chi connectivity index (χ0) is 11.0. The first-order chi connectivity index (χ1) is 7.11. The summed E-state index contributed by atoms with van der Waals surface area (Å²) in [6, 6.07) is 8.64. The van der Waals surface area contributed by atoms with Crippen LogP contribution in [-0.2, 0) is 0 Å². The number of anilines is 1. The number of Topliss-reactive ketones (excluding diaryl/α,β-unsaturated/α-hetero) is 1. The number of benzene rings is 2. The molecule has 0 bridgehead atoms. The minimum Gasteiger partial charge on any atom is -0.506 e. The van der Waals surface area contributed by atoms with Crippen molar-refractivity contribution in [2.75, 3.05) is 5.73 Å². The summed E-state index contributed by atoms with van der Waals surface area (Å²) in [4.78, 5) is 11.4. The minimum absolute atomic E-state index is 0.0104. The molecule has 2 aromatic rings. The standard InChI is InChI=1S/C12H11NO2/c1-7(14)9-4-2-3-8-5-6-10(15)12(13)11(8)9/h2-6,15H,13H2,1H3. The van der Waals surface area contributed by atoms with Crippen molar-refractivity contribution in [1.29, 1.82) is 0 Å². The van der Waals surface area contributed by atoms with E-state index in [1.807, 2.05) is 6.07 Å². The van der Waals surface area contributed by atoms with E-state index in [9.17, 15) is 9.90 Å². The predicted octanol–water partition coefficient (Wildman–Crippen LogP) is 2.33. The van der Waals surface area contributed by atoms with E-state index >= 15 is 0 Å². The minimum atomic E-state index is -0.0575. The zero-order valence-electron chi connectivity index (χ0n) is 8.32. The number of fused-ring (bicyclic) bond motifs is 1. The van der Waals surface area contributed by atoms with Crippen LogP contribution in [0.4, 0.5) is 5.69 Å². The van der Waals surface area contributed by atoms with E-state index in [0.29, 0.717) is 10.9 Å². The first-order valence-corrected chi connectivity index (χ1v) is 4.62. The first kappa shape index (κ1) is 9.52. The van der Waals surface area contributed by atoms with Crippen molar-refractivity contribution in [3.63, 3.8) is 0 Å². The van der Waals surface area contributed by atoms with E-state index in [4.69, 9.17) is 5.73 Å². The van der Waals surface area contributed by atoms with Gasteiger partial charge < -0.3 is 10.8 Å². The fourth-order valence-corrected chi connectivity index (χ4v) is 1.69. The number of phenols is 1. The van der Waals surface area contributed by atoms with Crippen LogP contribution in [0.15, 0.2) is 30.3 Å². The topological polar surface area (TPSA) is 63.3 Å². The lowest BCUT2D eigenvalue weighted by Gasteiger charge is -2.07. The summed E-state index contributed by atoms with van der Waals surface area (Å²) in [7, 11) is 0. The molecule has 0 atom stereocenters. The van der Waals surface area contributed by atoms with Gasteiger partial charge in [0.15, 0.2) is 5.78 Å². The van der Waals surface area contributed by atoms with Gasteiger partial charge in [-0.25, -0.2) is 0 Å². The van der Waals surface area contributed by atoms with Gasteiger partial charge in [-0.05, 0) is 18.4 Å². The molecule has 0 heterocycles. The fraction of sp³-hybridized carbons (Fsp3) is 0.0833. The molecule has 0 aliphatic carbocycles. The van der Waals surface area contributed by atoms with Crippen LogP contribution in [0.3, 0.4) is 0 Å². The Morgan fingerprint density at radius 3 is 2.67 bits per heavy atom. The van der Waals surface area contributed by atoms with Crippen molar-refractivity contribution in [3.05, 3.63) is 35.9 Å². The average molecular weight is 201 g/mol. The van der Waals surface area contributed by atoms with Crippen LogP contribution in [0.1, 0.15) is 17.3 Å². The Labute approximate surface area is 87.1 Å². The molecule has 0 saturated heterocycles. The SMILES string of the molecule is CC(=O)c1cccc2ccc(O)c(N)c12. The highest BCUT2D eigenvalue weighted by molar-refractivity contribution is 6.12. The Balaban J connectivity index is 2.94. The van der Waals surface area contributed by atoms with E-state index in [0.717, 1.165) is 5.39 Å². The molecule has 76 valence electrons. The molecule has 0 unspecified atom stereocenters. The van der Waals surface area contributed by atoms with E-state index in [1.54, 1.807) is 18.2 Å². The number of rotatable bonds is 1. The second-order valence-corrected chi connectivity index (χ2v) is 3.46. The zero-order valence-corrected chi connectivity index (χ0v) is 8.32. The second kappa shape index (κ2) is 3.28. The Morgan fingerprint density at radius 1 is 1.27 bits per heavy atom. The fourth-order valence-electron chi connectivity index (χ4n) is 1.69. The number of carbonyl (C=O) groups is 1. The summed E-state index contributed by atoms with van der Waals surface area (Å²) >= 11 is 0. The maximum absolute atomic E-state index is 11.4. The summed E-state index contributed by atoms with van der Waals surface area (Å²) in [5.41, 5.74) is 6.56. The van der Waals surface area contributed by atoms with Gasteiger partial charge in [0.05, 0.1) is 5.69 Å². The van der Waals surface area contributed by atoms with Crippen LogP contribution in [0.5, 0.6) is 5.75 Å². The van der Waals surface area contributed by atoms with Crippen LogP contribution < -0.4 is 5.73 Å². The van der Waals surface area contributed by atoms with Gasteiger partial charge in [0.2, 0.25) is 0 Å². The van der Waals surface area contributed by atoms with Gasteiger partial charge in [-0.3, -0.25) is 4.79 Å². The third kappa shape index (κ3) is 1.42. The van der Waals surface area contributed by atoms with E-state index in [-0.39, 0.29) is 17.2 Å². The highest BCUT2D eigenvalue weighted by Gasteiger charge is 2.10. The van der Waals surface area contributed by atoms with Crippen molar-refractivity contribution < 1.29 is 9.90 Å². The first-order valence-electron chi connectivity index (χ1n) is 4.62. The summed E-state index contributed by atoms with van der Waals surface area (Å²) in [5, 5.41) is 11.0. The number of nitrogen functional groups attached to an aromatic ring is 1. The van der Waals surface area contributed by atoms with Crippen LogP contribution in [-0.4, -0.2) is 10.9 Å². The van der Waals surface area contributed by atoms with Gasteiger partial charge in [-0.1, -0.05) is 24.3 Å². The number of phenolic OH excluding ortho intramolecular Hbond substituents is 1. The van der Waals surface area contributed by atoms with Crippen LogP contribution in [0, 0.1) is 0 Å². The largest absolute Gasteiger partial charge is 0.506 e. The van der Waals surface area contributed by atoms with Crippen molar-refractivity contribution in [2.45, 2.75) is 6.92 Å². The number of carbonyl (C=O) groups excluding carboxylic acids is 1. The number of aromatic hydroxyl groups is 1. The van der Waals surface area contributed by atoms with Crippen molar-refractivity contribution in [3.8, 4) is 5.75 Å². The van der Waals surface area contributed by atoms with Gasteiger partial charge in [0.25, 0.3) is 0 Å². The smallest absolute Gasteiger partial charge is 0.160 e. The highest BCUT2D eigenvalue weighted by Crippen LogP contribution is 2.32. The molecule has 0 aliphatic rings. The van der Waals surface area contributed by atoms with E-state index in [1.165, 1.54) is 13.0 Å². The Hall–Kier alpha value is -2.03. The van der Waals surface area contributed by atoms with E-state index < -0.39 is 0 Å². The molecule has 3 heteroatoms. The molecule has 0 spiro atoms. The third-order valence-electron chi connectivity index (χ3n) is 2.44. The summed E-state index contributed by atoms with van der Waals surface area (Å²) in [6.45, 7) is 1.48. The van der Waals surface area contributed by atoms with Gasteiger partial charge in [-0.2, -0.15) is 0 Å². The normalized spacial score (nSPS) is 10.5. The van der Waals surface area contributed by atoms with Crippen LogP contribution in [0.25, 0.3) is 10.8 Å². The van der Waals surface area contributed by atoms with Gasteiger partial charge in [-0.15, -0.1) is 0 Å². The van der Waals surface area contributed by atoms with Gasteiger partial charge in [0, 0.05) is 10.9 Å². The summed E-state index contributed by atoms with van der Waals surface area (Å²) < 4.78 is 0. The molecule has 0 aliphatic heterocycles. The molecule has 0 radical (unpaired) electrons. The Morgan fingerprint density at radius 2 is 2.00 bits per heavy atom. The molecule has 2 rings (SSSR count). The molecule has 0 aromatic heterocycles. The van der Waals surface area contributed by atoms with E-state index in [2.05, 4.69) is 0 Å². The molecule has 0 fully saturated rings. The quantitative estimate of drug-likeness (QED) is 0.423. The lowest BCUT2D eigenvalue weighted by atomic mass is 10.00. The average Bonchev–Trinajstić information content (AvgIpc) is 2.23. The molecule has 2 aromatic carbocycles. The summed E-state index contributed by atoms with van der Waals surface area (Å²) in [6.07, 6.45) is 0. The van der Waals surface area contributed by atoms with Crippen LogP contribution in [0.2, 0.25) is 0 Å². The molecule has 0 saturated carbocycles. The van der Waals surface area contributed by atoms with Gasteiger partial charge in [0.1, 0.15) is 5.75 Å². The molecular formula is C12H11NO2. The lowest BCUT2D eigenvalue weighted by molar-refractivity contribution is 0.101. The van der Waals surface area contributed by atoms with Gasteiger partial charge >= 0.3 is 0 Å². The maximum Gasteiger partial charge on any atom is 0.160 e. The molecule has 3 nitrogen and oxygen atoms in total. The molecule has 0 amide bonds. The number of ketones is 1. The Kier molecular flexibility index (Phi) is 2.08. The molecule has 15 heavy (non-hydrogen) atoms. The predicted molar refractivity (Wildman–Crippen MR) is 60.0 cm³/mol. The maximum atomic E-state index is 11.4. The van der Waals surface area contributed by atoms with Crippen LogP contribution >= 0.6 is 0 Å². The number of hydrogen-bond donors (Lipinski definition) is 2.